The number of nitrogens with one attached hydrogen (secondary N) is 1. The number of ether oxygens (including phenoxy) is 2. The number of esters is 1. The smallest absolute Gasteiger partial charge is 0.358 e. The summed E-state index contributed by atoms with van der Waals surface area (Å²) in [5.41, 5.74) is 5.34. The molecule has 292 valence electrons. The van der Waals surface area contributed by atoms with Crippen LogP contribution < -0.4 is 15.0 Å². The van der Waals surface area contributed by atoms with E-state index in [0.29, 0.717) is 48.2 Å². The molecule has 4 heterocycles. The number of nitrogens with zero attached hydrogens (tertiary/aromatic N) is 4. The van der Waals surface area contributed by atoms with Crippen LogP contribution in [0.15, 0.2) is 72.8 Å². The molecule has 12 heteroatoms. The van der Waals surface area contributed by atoms with Crippen molar-refractivity contribution in [1.29, 1.82) is 0 Å². The number of benzene rings is 3. The summed E-state index contributed by atoms with van der Waals surface area (Å²) in [6, 6.07) is 23.4. The van der Waals surface area contributed by atoms with Crippen molar-refractivity contribution >= 4 is 50.3 Å². The van der Waals surface area contributed by atoms with Gasteiger partial charge in [0, 0.05) is 37.2 Å². The molecule has 2 N–H and O–H groups in total. The first kappa shape index (κ1) is 38.9. The third kappa shape index (κ3) is 9.20. The molecule has 0 radical (unpaired) electrons. The van der Waals surface area contributed by atoms with E-state index in [4.69, 9.17) is 19.6 Å². The first-order chi connectivity index (χ1) is 26.9. The molecule has 0 spiro atoms. The van der Waals surface area contributed by atoms with E-state index in [0.717, 1.165) is 77.1 Å². The SMILES string of the molecule is Cc1c(OCCCN2CCC(CC(=O)O)CC2)cccc1-c1ccc(N2CCc3cccc(C(=O)Nc4nc5ccccc5s4)c3C2)nc1C(=O)OC(C)(C)C. The van der Waals surface area contributed by atoms with E-state index in [2.05, 4.69) is 26.2 Å². The van der Waals surface area contributed by atoms with Gasteiger partial charge in [-0.3, -0.25) is 14.9 Å². The summed E-state index contributed by atoms with van der Waals surface area (Å²) in [4.78, 5) is 52.7. The lowest BCUT2D eigenvalue weighted by Gasteiger charge is -2.31. The lowest BCUT2D eigenvalue weighted by atomic mass is 9.93. The van der Waals surface area contributed by atoms with Gasteiger partial charge < -0.3 is 24.4 Å². The van der Waals surface area contributed by atoms with Crippen LogP contribution in [0.3, 0.4) is 0 Å². The van der Waals surface area contributed by atoms with E-state index in [1.807, 2.05) is 94.4 Å². The number of fused-ring (bicyclic) bond motifs is 2. The number of aliphatic carboxylic acids is 1. The van der Waals surface area contributed by atoms with Gasteiger partial charge in [-0.1, -0.05) is 47.7 Å². The van der Waals surface area contributed by atoms with Crippen LogP contribution in [0, 0.1) is 12.8 Å². The zero-order valence-electron chi connectivity index (χ0n) is 32.5. The summed E-state index contributed by atoms with van der Waals surface area (Å²) in [5.74, 6) is 0.186. The maximum atomic E-state index is 13.9. The van der Waals surface area contributed by atoms with Gasteiger partial charge in [-0.15, -0.1) is 0 Å². The van der Waals surface area contributed by atoms with Gasteiger partial charge in [0.05, 0.1) is 16.8 Å². The fraction of sp³-hybridized carbons (Fsp3) is 0.386. The lowest BCUT2D eigenvalue weighted by molar-refractivity contribution is -0.138. The summed E-state index contributed by atoms with van der Waals surface area (Å²) in [7, 11) is 0. The second kappa shape index (κ2) is 16.8. The monoisotopic (exact) mass is 775 g/mol. The Labute approximate surface area is 331 Å². The van der Waals surface area contributed by atoms with Gasteiger partial charge in [0.25, 0.3) is 5.91 Å². The van der Waals surface area contributed by atoms with Crippen molar-refractivity contribution < 1.29 is 29.0 Å². The average molecular weight is 776 g/mol. The predicted octanol–water partition coefficient (Wildman–Crippen LogP) is 8.39. The minimum Gasteiger partial charge on any atom is -0.493 e. The molecule has 3 aromatic carbocycles. The summed E-state index contributed by atoms with van der Waals surface area (Å²) in [6.45, 7) is 11.9. The number of rotatable bonds is 12. The second-order valence-corrected chi connectivity index (χ2v) is 16.7. The molecule has 1 fully saturated rings. The molecule has 1 amide bonds. The van der Waals surface area contributed by atoms with Crippen LogP contribution in [0.4, 0.5) is 10.9 Å². The zero-order valence-corrected chi connectivity index (χ0v) is 33.3. The Bertz CT molecular complexity index is 2210. The number of anilines is 2. The molecule has 0 saturated carbocycles. The van der Waals surface area contributed by atoms with E-state index in [1.54, 1.807) is 0 Å². The number of carboxylic acids is 1. The molecule has 2 aliphatic rings. The maximum Gasteiger partial charge on any atom is 0.358 e. The van der Waals surface area contributed by atoms with Gasteiger partial charge in [0.2, 0.25) is 0 Å². The zero-order chi connectivity index (χ0) is 39.4. The number of hydrogen-bond acceptors (Lipinski definition) is 10. The van der Waals surface area contributed by atoms with Crippen LogP contribution >= 0.6 is 11.3 Å². The standard InChI is InChI=1S/C44H49N5O6S/c1-28-31(11-8-14-36(28)54-25-9-21-48-22-18-29(19-23-48)26-39(50)51)32-16-17-38(46-40(32)42(53)55-44(2,3)4)49-24-20-30-10-7-12-33(34(30)27-49)41(52)47-43-45-35-13-5-6-15-37(35)56-43/h5-8,10-17,29H,9,18-27H2,1-4H3,(H,50,51)(H,45,47,52). The van der Waals surface area contributed by atoms with Crippen LogP contribution in [-0.4, -0.2) is 76.2 Å². The van der Waals surface area contributed by atoms with Crippen molar-refractivity contribution in [2.75, 3.05) is 43.0 Å². The summed E-state index contributed by atoms with van der Waals surface area (Å²) < 4.78 is 13.2. The number of carboxylic acid groups (broad SMARTS) is 1. The number of aromatic nitrogens is 2. The van der Waals surface area contributed by atoms with Gasteiger partial charge in [-0.25, -0.2) is 14.8 Å². The highest BCUT2D eigenvalue weighted by molar-refractivity contribution is 7.22. The normalized spacial score (nSPS) is 15.0. The number of amides is 1. The largest absolute Gasteiger partial charge is 0.493 e. The number of carbonyl (C=O) groups excluding carboxylic acids is 2. The van der Waals surface area contributed by atoms with Crippen LogP contribution in [0.25, 0.3) is 21.3 Å². The van der Waals surface area contributed by atoms with E-state index < -0.39 is 17.5 Å². The summed E-state index contributed by atoms with van der Waals surface area (Å²) in [6.07, 6.45) is 3.63. The lowest BCUT2D eigenvalue weighted by Crippen LogP contribution is -2.35. The molecule has 56 heavy (non-hydrogen) atoms. The molecule has 11 nitrogen and oxygen atoms in total. The molecule has 7 rings (SSSR count). The average Bonchev–Trinajstić information content (AvgIpc) is 3.58. The fourth-order valence-corrected chi connectivity index (χ4v) is 8.46. The predicted molar refractivity (Wildman–Crippen MR) is 220 cm³/mol. The third-order valence-electron chi connectivity index (χ3n) is 10.4. The minimum absolute atomic E-state index is 0.212. The van der Waals surface area contributed by atoms with Crippen molar-refractivity contribution in [2.24, 2.45) is 5.92 Å². The van der Waals surface area contributed by atoms with Crippen molar-refractivity contribution in [3.05, 3.63) is 101 Å². The van der Waals surface area contributed by atoms with E-state index >= 15 is 0 Å². The maximum absolute atomic E-state index is 13.9. The van der Waals surface area contributed by atoms with Crippen molar-refractivity contribution in [3.8, 4) is 16.9 Å². The van der Waals surface area contributed by atoms with E-state index in [9.17, 15) is 14.4 Å². The van der Waals surface area contributed by atoms with Gasteiger partial charge in [-0.2, -0.15) is 0 Å². The molecular formula is C44H49N5O6S. The second-order valence-electron chi connectivity index (χ2n) is 15.6. The molecular weight excluding hydrogens is 727 g/mol. The number of thiazole rings is 1. The number of hydrogen-bond donors (Lipinski definition) is 2. The van der Waals surface area contributed by atoms with Gasteiger partial charge in [-0.05, 0) is 131 Å². The highest BCUT2D eigenvalue weighted by Crippen LogP contribution is 2.35. The minimum atomic E-state index is -0.729. The number of carbonyl (C=O) groups is 3. The summed E-state index contributed by atoms with van der Waals surface area (Å²) >= 11 is 1.44. The molecule has 2 aromatic heterocycles. The molecule has 1 saturated heterocycles. The highest BCUT2D eigenvalue weighted by Gasteiger charge is 2.28. The first-order valence-electron chi connectivity index (χ1n) is 19.4. The molecule has 0 bridgehead atoms. The molecule has 5 aromatic rings. The first-order valence-corrected chi connectivity index (χ1v) is 20.2. The Morgan fingerprint density at radius 1 is 0.929 bits per heavy atom. The van der Waals surface area contributed by atoms with Crippen LogP contribution in [0.1, 0.15) is 84.0 Å². The van der Waals surface area contributed by atoms with Gasteiger partial charge in [0.1, 0.15) is 17.2 Å². The quantitative estimate of drug-likeness (QED) is 0.0940. The van der Waals surface area contributed by atoms with E-state index in [1.165, 1.54) is 11.3 Å². The molecule has 0 unspecified atom stereocenters. The molecule has 2 aliphatic heterocycles. The Hall–Kier alpha value is -5.33. The third-order valence-corrected chi connectivity index (χ3v) is 11.4. The summed E-state index contributed by atoms with van der Waals surface area (Å²) in [5, 5.41) is 12.7. The van der Waals surface area contributed by atoms with Gasteiger partial charge in [0.15, 0.2) is 10.8 Å². The van der Waals surface area contributed by atoms with Crippen LogP contribution in [-0.2, 0) is 22.5 Å². The highest BCUT2D eigenvalue weighted by atomic mass is 32.1. The van der Waals surface area contributed by atoms with Crippen LogP contribution in [0.2, 0.25) is 0 Å². The number of likely N-dealkylation sites (tertiary alicyclic amines) is 1. The topological polar surface area (TPSA) is 134 Å². The number of piperidine rings is 1. The number of para-hydroxylation sites is 1. The Morgan fingerprint density at radius 2 is 1.71 bits per heavy atom. The van der Waals surface area contributed by atoms with Gasteiger partial charge >= 0.3 is 11.9 Å². The Balaban J connectivity index is 1.08. The number of pyridine rings is 1. The van der Waals surface area contributed by atoms with Crippen molar-refractivity contribution in [1.82, 2.24) is 14.9 Å². The van der Waals surface area contributed by atoms with E-state index in [-0.39, 0.29) is 23.9 Å². The Kier molecular flexibility index (Phi) is 11.7. The Morgan fingerprint density at radius 3 is 2.48 bits per heavy atom. The van der Waals surface area contributed by atoms with Crippen molar-refractivity contribution in [2.45, 2.75) is 71.9 Å². The van der Waals surface area contributed by atoms with Crippen molar-refractivity contribution in [3.63, 3.8) is 0 Å². The fourth-order valence-electron chi connectivity index (χ4n) is 7.60. The molecule has 0 aliphatic carbocycles. The molecule has 0 atom stereocenters. The van der Waals surface area contributed by atoms with Crippen LogP contribution in [0.5, 0.6) is 5.75 Å².